The lowest BCUT2D eigenvalue weighted by Crippen LogP contribution is -2.09. The van der Waals surface area contributed by atoms with Gasteiger partial charge in [0.15, 0.2) is 0 Å². The molecule has 1 atom stereocenters. The normalized spacial score (nSPS) is 10.3. The molecule has 12 heavy (non-hydrogen) atoms. The van der Waals surface area contributed by atoms with E-state index in [-0.39, 0.29) is 0 Å². The van der Waals surface area contributed by atoms with Gasteiger partial charge in [0.25, 0.3) is 0 Å². The number of hydrogen-bond donors (Lipinski definition) is 0. The molecule has 0 aromatic heterocycles. The molecule has 67 valence electrons. The highest BCUT2D eigenvalue weighted by Gasteiger charge is 2.01. The Morgan fingerprint density at radius 3 is 2.25 bits per heavy atom. The second-order valence-corrected chi connectivity index (χ2v) is 2.10. The van der Waals surface area contributed by atoms with Crippen LogP contribution in [-0.2, 0) is 19.1 Å². The molecule has 0 heterocycles. The maximum absolute atomic E-state index is 10.7. The fourth-order valence-electron chi connectivity index (χ4n) is 0.442. The first-order valence-corrected chi connectivity index (χ1v) is 3.36. The van der Waals surface area contributed by atoms with Crippen LogP contribution in [0.2, 0.25) is 0 Å². The molecule has 1 radical (unpaired) electrons. The molecule has 0 aromatic carbocycles. The van der Waals surface area contributed by atoms with Crippen LogP contribution < -0.4 is 0 Å². The summed E-state index contributed by atoms with van der Waals surface area (Å²) in [6.07, 6.45) is 1.55. The summed E-state index contributed by atoms with van der Waals surface area (Å²) in [4.78, 5) is 21.2. The molecule has 0 aliphatic heterocycles. The predicted molar refractivity (Wildman–Crippen MR) is 42.1 cm³/mol. The van der Waals surface area contributed by atoms with E-state index in [0.717, 1.165) is 12.2 Å². The fraction of sp³-hybridized carbons (Fsp3) is 0.375. The van der Waals surface area contributed by atoms with Crippen LogP contribution in [0.3, 0.4) is 0 Å². The van der Waals surface area contributed by atoms with Crippen molar-refractivity contribution >= 4 is 11.9 Å². The van der Waals surface area contributed by atoms with Crippen LogP contribution in [0.1, 0.15) is 6.92 Å². The third kappa shape index (κ3) is 5.46. The fourth-order valence-corrected chi connectivity index (χ4v) is 0.442. The van der Waals surface area contributed by atoms with Crippen LogP contribution in [0.4, 0.5) is 0 Å². The maximum Gasteiger partial charge on any atom is 0.331 e. The van der Waals surface area contributed by atoms with Crippen molar-refractivity contribution in [2.75, 3.05) is 7.11 Å². The van der Waals surface area contributed by atoms with E-state index < -0.39 is 18.0 Å². The average molecular weight is 171 g/mol. The van der Waals surface area contributed by atoms with Crippen molar-refractivity contribution in [1.29, 1.82) is 0 Å². The molecule has 0 amide bonds. The summed E-state index contributed by atoms with van der Waals surface area (Å²) >= 11 is 0. The molecule has 0 aromatic rings. The van der Waals surface area contributed by atoms with Crippen molar-refractivity contribution in [2.24, 2.45) is 0 Å². The summed E-state index contributed by atoms with van der Waals surface area (Å²) in [6.45, 7) is 5.05. The Kier molecular flexibility index (Phi) is 4.76. The summed E-state index contributed by atoms with van der Waals surface area (Å²) in [5, 5.41) is 0. The van der Waals surface area contributed by atoms with Crippen molar-refractivity contribution in [2.45, 2.75) is 13.0 Å². The lowest BCUT2D eigenvalue weighted by molar-refractivity contribution is -0.141. The van der Waals surface area contributed by atoms with E-state index in [4.69, 9.17) is 0 Å². The standard InChI is InChI=1S/C8H11O4/c1-6(2)12-8(10)5-4-7(9)11-3/h4-6H,1H2,2-3H3/b5-4+. The lowest BCUT2D eigenvalue weighted by Gasteiger charge is -2.03. The molecular formula is C8H11O4. The molecule has 0 bridgehead atoms. The topological polar surface area (TPSA) is 52.6 Å². The van der Waals surface area contributed by atoms with Gasteiger partial charge in [0, 0.05) is 12.2 Å². The average Bonchev–Trinajstić information content (AvgIpc) is 1.99. The molecule has 0 fully saturated rings. The highest BCUT2D eigenvalue weighted by atomic mass is 16.5. The highest BCUT2D eigenvalue weighted by Crippen LogP contribution is 1.89. The van der Waals surface area contributed by atoms with Gasteiger partial charge in [0.05, 0.1) is 13.2 Å². The molecule has 0 spiro atoms. The van der Waals surface area contributed by atoms with Gasteiger partial charge < -0.3 is 9.47 Å². The number of carbonyl (C=O) groups excluding carboxylic acids is 2. The molecule has 4 nitrogen and oxygen atoms in total. The lowest BCUT2D eigenvalue weighted by atomic mass is 10.4. The number of hydrogen-bond acceptors (Lipinski definition) is 4. The highest BCUT2D eigenvalue weighted by molar-refractivity contribution is 5.91. The maximum atomic E-state index is 10.7. The molecule has 0 N–H and O–H groups in total. The van der Waals surface area contributed by atoms with Gasteiger partial charge in [0.1, 0.15) is 0 Å². The van der Waals surface area contributed by atoms with Crippen molar-refractivity contribution in [3.05, 3.63) is 19.1 Å². The first-order valence-electron chi connectivity index (χ1n) is 3.36. The second-order valence-electron chi connectivity index (χ2n) is 2.10. The van der Waals surface area contributed by atoms with Crippen LogP contribution >= 0.6 is 0 Å². The number of ether oxygens (including phenoxy) is 2. The molecule has 0 saturated carbocycles. The third-order valence-electron chi connectivity index (χ3n) is 0.874. The monoisotopic (exact) mass is 171 g/mol. The summed E-state index contributed by atoms with van der Waals surface area (Å²) in [5.74, 6) is -1.20. The molecule has 1 unspecified atom stereocenters. The van der Waals surface area contributed by atoms with Crippen molar-refractivity contribution in [1.82, 2.24) is 0 Å². The van der Waals surface area contributed by atoms with Crippen LogP contribution in [-0.4, -0.2) is 25.2 Å². The van der Waals surface area contributed by atoms with E-state index in [1.54, 1.807) is 6.92 Å². The van der Waals surface area contributed by atoms with Crippen LogP contribution in [0.25, 0.3) is 0 Å². The molecule has 0 rings (SSSR count). The van der Waals surface area contributed by atoms with Gasteiger partial charge in [-0.05, 0) is 13.8 Å². The third-order valence-corrected chi connectivity index (χ3v) is 0.874. The summed E-state index contributed by atoms with van der Waals surface area (Å²) in [6, 6.07) is 0. The Morgan fingerprint density at radius 1 is 1.33 bits per heavy atom. The van der Waals surface area contributed by atoms with Gasteiger partial charge in [-0.3, -0.25) is 0 Å². The molecular weight excluding hydrogens is 160 g/mol. The van der Waals surface area contributed by atoms with Crippen molar-refractivity contribution in [3.8, 4) is 0 Å². The molecule has 0 saturated heterocycles. The van der Waals surface area contributed by atoms with E-state index >= 15 is 0 Å². The summed E-state index contributed by atoms with van der Waals surface area (Å²) in [7, 11) is 1.22. The quantitative estimate of drug-likeness (QED) is 0.458. The zero-order chi connectivity index (χ0) is 9.56. The van der Waals surface area contributed by atoms with Gasteiger partial charge in [-0.1, -0.05) is 0 Å². The van der Waals surface area contributed by atoms with Gasteiger partial charge in [0.2, 0.25) is 0 Å². The number of carbonyl (C=O) groups is 2. The van der Waals surface area contributed by atoms with Crippen molar-refractivity contribution < 1.29 is 19.1 Å². The number of methoxy groups -OCH3 is 1. The van der Waals surface area contributed by atoms with E-state index in [2.05, 4.69) is 16.4 Å². The zero-order valence-corrected chi connectivity index (χ0v) is 7.07. The Morgan fingerprint density at radius 2 is 1.83 bits per heavy atom. The second kappa shape index (κ2) is 5.35. The summed E-state index contributed by atoms with van der Waals surface area (Å²) < 4.78 is 8.86. The van der Waals surface area contributed by atoms with Gasteiger partial charge >= 0.3 is 11.9 Å². The number of esters is 2. The number of rotatable bonds is 3. The largest absolute Gasteiger partial charge is 0.466 e. The minimum atomic E-state index is -0.608. The van der Waals surface area contributed by atoms with Gasteiger partial charge in [-0.2, -0.15) is 0 Å². The van der Waals surface area contributed by atoms with Crippen molar-refractivity contribution in [3.63, 3.8) is 0 Å². The minimum absolute atomic E-state index is 0.431. The first kappa shape index (κ1) is 10.7. The van der Waals surface area contributed by atoms with E-state index in [1.165, 1.54) is 7.11 Å². The smallest absolute Gasteiger partial charge is 0.331 e. The Balaban J connectivity index is 3.83. The summed E-state index contributed by atoms with van der Waals surface area (Å²) in [5.41, 5.74) is 0. The van der Waals surface area contributed by atoms with Crippen LogP contribution in [0.5, 0.6) is 0 Å². The minimum Gasteiger partial charge on any atom is -0.466 e. The Bertz CT molecular complexity index is 193. The predicted octanol–water partition coefficient (Wildman–Crippen LogP) is 0.481. The molecule has 0 aliphatic rings. The molecule has 0 aliphatic carbocycles. The van der Waals surface area contributed by atoms with Crippen LogP contribution in [0.15, 0.2) is 12.2 Å². The van der Waals surface area contributed by atoms with Gasteiger partial charge in [-0.15, -0.1) is 0 Å². The van der Waals surface area contributed by atoms with Gasteiger partial charge in [-0.25, -0.2) is 9.59 Å². The van der Waals surface area contributed by atoms with Crippen LogP contribution in [0, 0.1) is 6.92 Å². The Labute approximate surface area is 71.2 Å². The Hall–Kier alpha value is -1.32. The zero-order valence-electron chi connectivity index (χ0n) is 7.07. The molecule has 4 heteroatoms. The first-order chi connectivity index (χ1) is 5.56. The SMILES string of the molecule is [CH2]C(C)OC(=O)/C=C/C(=O)OC. The van der Waals surface area contributed by atoms with E-state index in [0.29, 0.717) is 0 Å². The van der Waals surface area contributed by atoms with E-state index in [9.17, 15) is 9.59 Å². The van der Waals surface area contributed by atoms with E-state index in [1.807, 2.05) is 0 Å².